The predicted molar refractivity (Wildman–Crippen MR) is 184 cm³/mol. The molecule has 48 heavy (non-hydrogen) atoms. The first-order valence-corrected chi connectivity index (χ1v) is 17.1. The molecule has 4 rings (SSSR count). The summed E-state index contributed by atoms with van der Waals surface area (Å²) in [5.41, 5.74) is 2.61. The highest BCUT2D eigenvalue weighted by Gasteiger charge is 2.35. The third kappa shape index (κ3) is 8.71. The summed E-state index contributed by atoms with van der Waals surface area (Å²) < 4.78 is 54.2. The summed E-state index contributed by atoms with van der Waals surface area (Å²) in [5.74, 6) is -1.05. The molecule has 254 valence electrons. The summed E-state index contributed by atoms with van der Waals surface area (Å²) >= 11 is 0. The number of aryl methyl sites for hydroxylation is 1. The molecule has 0 aliphatic heterocycles. The molecule has 0 aliphatic rings. The van der Waals surface area contributed by atoms with Gasteiger partial charge in [-0.1, -0.05) is 61.5 Å². The van der Waals surface area contributed by atoms with Gasteiger partial charge in [-0.3, -0.25) is 13.9 Å². The Morgan fingerprint density at radius 2 is 1.52 bits per heavy atom. The van der Waals surface area contributed by atoms with Crippen LogP contribution in [0.25, 0.3) is 0 Å². The second-order valence-corrected chi connectivity index (χ2v) is 13.3. The number of hydrogen-bond donors (Lipinski definition) is 1. The molecule has 0 fully saturated rings. The molecule has 0 saturated heterocycles. The molecule has 0 spiro atoms. The van der Waals surface area contributed by atoms with Crippen LogP contribution in [-0.2, 0) is 32.6 Å². The third-order valence-corrected chi connectivity index (χ3v) is 9.98. The van der Waals surface area contributed by atoms with Crippen LogP contribution in [0.5, 0.6) is 11.5 Å². The summed E-state index contributed by atoms with van der Waals surface area (Å²) in [6, 6.07) is 24.7. The summed E-state index contributed by atoms with van der Waals surface area (Å²) in [4.78, 5) is 29.9. The lowest BCUT2D eigenvalue weighted by Gasteiger charge is -2.34. The van der Waals surface area contributed by atoms with Gasteiger partial charge in [0, 0.05) is 25.1 Å². The molecule has 0 saturated carbocycles. The number of sulfonamides is 1. The molecule has 0 bridgehead atoms. The highest BCUT2D eigenvalue weighted by atomic mass is 32.2. The van der Waals surface area contributed by atoms with Crippen LogP contribution < -0.4 is 19.1 Å². The van der Waals surface area contributed by atoms with Crippen LogP contribution in [0.1, 0.15) is 37.0 Å². The Morgan fingerprint density at radius 3 is 2.15 bits per heavy atom. The van der Waals surface area contributed by atoms with Crippen molar-refractivity contribution in [3.05, 3.63) is 120 Å². The fourth-order valence-corrected chi connectivity index (χ4v) is 6.64. The van der Waals surface area contributed by atoms with Gasteiger partial charge in [0.15, 0.2) is 11.5 Å². The zero-order chi connectivity index (χ0) is 34.8. The molecule has 0 heterocycles. The fourth-order valence-electron chi connectivity index (χ4n) is 5.21. The lowest BCUT2D eigenvalue weighted by molar-refractivity contribution is -0.140. The Kier molecular flexibility index (Phi) is 12.2. The number of amides is 2. The summed E-state index contributed by atoms with van der Waals surface area (Å²) in [6.45, 7) is 5.13. The van der Waals surface area contributed by atoms with Gasteiger partial charge in [0.05, 0.1) is 24.8 Å². The van der Waals surface area contributed by atoms with E-state index in [2.05, 4.69) is 5.32 Å². The van der Waals surface area contributed by atoms with E-state index in [4.69, 9.17) is 9.47 Å². The molecular weight excluding hydrogens is 633 g/mol. The topological polar surface area (TPSA) is 105 Å². The van der Waals surface area contributed by atoms with Crippen molar-refractivity contribution in [1.82, 2.24) is 10.2 Å². The van der Waals surface area contributed by atoms with Gasteiger partial charge in [0.25, 0.3) is 10.0 Å². The van der Waals surface area contributed by atoms with Gasteiger partial charge in [0.2, 0.25) is 11.8 Å². The second-order valence-electron chi connectivity index (χ2n) is 11.5. The highest BCUT2D eigenvalue weighted by molar-refractivity contribution is 7.92. The molecule has 0 aromatic heterocycles. The average molecular weight is 676 g/mol. The molecule has 0 aliphatic carbocycles. The number of nitrogens with one attached hydrogen (secondary N) is 1. The summed E-state index contributed by atoms with van der Waals surface area (Å²) in [7, 11) is -1.62. The smallest absolute Gasteiger partial charge is 0.264 e. The number of methoxy groups -OCH3 is 2. The summed E-state index contributed by atoms with van der Waals surface area (Å²) in [5, 5.41) is 3.02. The first-order valence-electron chi connectivity index (χ1n) is 15.7. The van der Waals surface area contributed by atoms with Gasteiger partial charge >= 0.3 is 0 Å². The Balaban J connectivity index is 1.84. The standard InChI is InChI=1S/C37H42FN3O6S/c1-6-27(3)39-37(43)33(22-28-13-8-7-9-14-28)40(24-29-15-11-10-12-26(29)2)36(42)25-41(31-18-16-30(38)17-19-31)48(44,45)32-20-21-34(46-4)35(23-32)47-5/h7-21,23,27,33H,6,22,24-25H2,1-5H3,(H,39,43). The van der Waals surface area contributed by atoms with Crippen LogP contribution in [0.4, 0.5) is 10.1 Å². The van der Waals surface area contributed by atoms with E-state index in [0.717, 1.165) is 33.1 Å². The van der Waals surface area contributed by atoms with E-state index in [1.54, 1.807) is 0 Å². The lowest BCUT2D eigenvalue weighted by Crippen LogP contribution is -2.54. The van der Waals surface area contributed by atoms with E-state index in [-0.39, 0.29) is 41.2 Å². The lowest BCUT2D eigenvalue weighted by atomic mass is 10.0. The van der Waals surface area contributed by atoms with Gasteiger partial charge in [-0.25, -0.2) is 12.8 Å². The van der Waals surface area contributed by atoms with Gasteiger partial charge in [-0.15, -0.1) is 0 Å². The molecule has 9 nitrogen and oxygen atoms in total. The van der Waals surface area contributed by atoms with Gasteiger partial charge in [-0.05, 0) is 73.4 Å². The van der Waals surface area contributed by atoms with Crippen molar-refractivity contribution in [3.8, 4) is 11.5 Å². The first kappa shape index (κ1) is 35.9. The SMILES string of the molecule is CCC(C)NC(=O)C(Cc1ccccc1)N(Cc1ccccc1C)C(=O)CN(c1ccc(F)cc1)S(=O)(=O)c1ccc(OC)c(OC)c1. The van der Waals surface area contributed by atoms with Gasteiger partial charge in [0.1, 0.15) is 18.4 Å². The Labute approximate surface area is 282 Å². The van der Waals surface area contributed by atoms with Crippen molar-refractivity contribution in [2.75, 3.05) is 25.1 Å². The van der Waals surface area contributed by atoms with Crippen LogP contribution in [0.2, 0.25) is 0 Å². The minimum atomic E-state index is -4.43. The Hall–Kier alpha value is -4.90. The quantitative estimate of drug-likeness (QED) is 0.168. The molecule has 2 atom stereocenters. The maximum atomic E-state index is 14.6. The number of halogens is 1. The second kappa shape index (κ2) is 16.3. The first-order chi connectivity index (χ1) is 23.0. The highest BCUT2D eigenvalue weighted by Crippen LogP contribution is 2.32. The average Bonchev–Trinajstić information content (AvgIpc) is 3.09. The minimum Gasteiger partial charge on any atom is -0.493 e. The fraction of sp³-hybridized carbons (Fsp3) is 0.297. The maximum absolute atomic E-state index is 14.6. The van der Waals surface area contributed by atoms with Crippen molar-refractivity contribution in [3.63, 3.8) is 0 Å². The van der Waals surface area contributed by atoms with Crippen LogP contribution in [-0.4, -0.2) is 58.0 Å². The van der Waals surface area contributed by atoms with Gasteiger partial charge < -0.3 is 19.7 Å². The molecule has 4 aromatic carbocycles. The number of carbonyl (C=O) groups excluding carboxylic acids is 2. The van der Waals surface area contributed by atoms with E-state index >= 15 is 0 Å². The van der Waals surface area contributed by atoms with Crippen LogP contribution in [0, 0.1) is 12.7 Å². The molecule has 0 radical (unpaired) electrons. The van der Waals surface area contributed by atoms with Crippen molar-refractivity contribution in [1.29, 1.82) is 0 Å². The van der Waals surface area contributed by atoms with Gasteiger partial charge in [-0.2, -0.15) is 0 Å². The third-order valence-electron chi connectivity index (χ3n) is 8.21. The number of hydrogen-bond acceptors (Lipinski definition) is 6. The molecule has 2 unspecified atom stereocenters. The Bertz CT molecular complexity index is 1800. The molecule has 2 amide bonds. The van der Waals surface area contributed by atoms with Crippen molar-refractivity contribution >= 4 is 27.5 Å². The normalized spacial score (nSPS) is 12.5. The van der Waals surface area contributed by atoms with Crippen molar-refractivity contribution in [2.24, 2.45) is 0 Å². The van der Waals surface area contributed by atoms with E-state index in [1.165, 1.54) is 49.5 Å². The number of carbonyl (C=O) groups is 2. The van der Waals surface area contributed by atoms with Crippen molar-refractivity contribution in [2.45, 2.75) is 57.1 Å². The van der Waals surface area contributed by atoms with Crippen LogP contribution in [0.3, 0.4) is 0 Å². The number of anilines is 1. The number of ether oxygens (including phenoxy) is 2. The Morgan fingerprint density at radius 1 is 0.875 bits per heavy atom. The summed E-state index contributed by atoms with van der Waals surface area (Å²) in [6.07, 6.45) is 0.872. The molecular formula is C37H42FN3O6S. The van der Waals surface area contributed by atoms with E-state index in [1.807, 2.05) is 75.4 Å². The minimum absolute atomic E-state index is 0.0462. The molecule has 4 aromatic rings. The molecule has 11 heteroatoms. The number of rotatable bonds is 15. The van der Waals surface area contributed by atoms with Crippen LogP contribution in [0.15, 0.2) is 102 Å². The number of nitrogens with zero attached hydrogens (tertiary/aromatic N) is 2. The zero-order valence-electron chi connectivity index (χ0n) is 27.9. The molecule has 1 N–H and O–H groups in total. The van der Waals surface area contributed by atoms with E-state index < -0.39 is 34.3 Å². The largest absolute Gasteiger partial charge is 0.493 e. The van der Waals surface area contributed by atoms with E-state index in [9.17, 15) is 22.4 Å². The van der Waals surface area contributed by atoms with Crippen molar-refractivity contribution < 1.29 is 31.9 Å². The maximum Gasteiger partial charge on any atom is 0.264 e. The zero-order valence-corrected chi connectivity index (χ0v) is 28.7. The predicted octanol–water partition coefficient (Wildman–Crippen LogP) is 5.90. The monoisotopic (exact) mass is 675 g/mol. The van der Waals surface area contributed by atoms with Crippen LogP contribution >= 0.6 is 0 Å². The van der Waals surface area contributed by atoms with E-state index in [0.29, 0.717) is 12.2 Å². The number of benzene rings is 4.